The molecule has 0 aliphatic carbocycles. The number of esters is 1. The molecule has 1 N–H and O–H groups in total. The third kappa shape index (κ3) is 6.90. The number of nitrogens with zero attached hydrogens (tertiary/aromatic N) is 3. The van der Waals surface area contributed by atoms with Gasteiger partial charge in [0.15, 0.2) is 0 Å². The lowest BCUT2D eigenvalue weighted by Crippen LogP contribution is -2.07. The van der Waals surface area contributed by atoms with Gasteiger partial charge >= 0.3 is 5.97 Å². The second-order valence-electron chi connectivity index (χ2n) is 6.73. The number of thiazole rings is 1. The van der Waals surface area contributed by atoms with E-state index < -0.39 is 4.92 Å². The zero-order chi connectivity index (χ0) is 24.5. The fourth-order valence-corrected chi connectivity index (χ4v) is 3.72. The first-order chi connectivity index (χ1) is 16.4. The summed E-state index contributed by atoms with van der Waals surface area (Å²) in [4.78, 5) is 26.2. The molecule has 0 aliphatic heterocycles. The molecule has 12 heteroatoms. The summed E-state index contributed by atoms with van der Waals surface area (Å²) >= 11 is 7.42. The fraction of sp³-hybridized carbons (Fsp3) is 0.227. The number of anilines is 1. The number of hydrazone groups is 1. The van der Waals surface area contributed by atoms with Crippen LogP contribution < -0.4 is 14.9 Å². The minimum absolute atomic E-state index is 0.107. The Kier molecular flexibility index (Phi) is 8.77. The lowest BCUT2D eigenvalue weighted by atomic mass is 10.1. The molecular weight excluding hydrogens is 484 g/mol. The molecule has 0 unspecified atom stereocenters. The molecular formula is C22H21ClN4O6S. The predicted octanol–water partition coefficient (Wildman–Crippen LogP) is 4.84. The van der Waals surface area contributed by atoms with Crippen LogP contribution in [0.25, 0.3) is 0 Å². The first kappa shape index (κ1) is 24.9. The van der Waals surface area contributed by atoms with Gasteiger partial charge in [-0.25, -0.2) is 4.98 Å². The van der Waals surface area contributed by atoms with Gasteiger partial charge in [-0.05, 0) is 36.8 Å². The molecule has 2 aromatic carbocycles. The summed E-state index contributed by atoms with van der Waals surface area (Å²) in [6, 6.07) is 9.44. The van der Waals surface area contributed by atoms with Gasteiger partial charge in [0.2, 0.25) is 5.13 Å². The number of carbonyl (C=O) groups excluding carboxylic acids is 1. The maximum Gasteiger partial charge on any atom is 0.311 e. The SMILES string of the molecule is CCOC(=O)Cc1csc(NN=Cc2ccc(OC)c(COc3ccc([N+](=O)[O-])cc3Cl)c2)n1. The van der Waals surface area contributed by atoms with E-state index >= 15 is 0 Å². The Bertz CT molecular complexity index is 1200. The summed E-state index contributed by atoms with van der Waals surface area (Å²) in [5.74, 6) is 0.593. The van der Waals surface area contributed by atoms with E-state index in [1.165, 1.54) is 29.5 Å². The minimum atomic E-state index is -0.525. The number of nitro groups is 1. The second-order valence-corrected chi connectivity index (χ2v) is 7.99. The van der Waals surface area contributed by atoms with Crippen molar-refractivity contribution in [3.63, 3.8) is 0 Å². The van der Waals surface area contributed by atoms with Crippen molar-refractivity contribution >= 4 is 45.9 Å². The number of nitro benzene ring substituents is 1. The van der Waals surface area contributed by atoms with E-state index in [-0.39, 0.29) is 29.7 Å². The molecule has 178 valence electrons. The first-order valence-corrected chi connectivity index (χ1v) is 11.3. The summed E-state index contributed by atoms with van der Waals surface area (Å²) in [5, 5.41) is 17.5. The van der Waals surface area contributed by atoms with E-state index in [9.17, 15) is 14.9 Å². The Morgan fingerprint density at radius 3 is 2.79 bits per heavy atom. The average molecular weight is 505 g/mol. The van der Waals surface area contributed by atoms with Gasteiger partial charge in [-0.2, -0.15) is 5.10 Å². The Balaban J connectivity index is 1.63. The number of non-ortho nitro benzene ring substituents is 1. The van der Waals surface area contributed by atoms with Gasteiger partial charge in [-0.1, -0.05) is 11.6 Å². The largest absolute Gasteiger partial charge is 0.496 e. The van der Waals surface area contributed by atoms with E-state index in [1.54, 1.807) is 31.7 Å². The van der Waals surface area contributed by atoms with Gasteiger partial charge < -0.3 is 14.2 Å². The number of hydrogen-bond acceptors (Lipinski definition) is 10. The summed E-state index contributed by atoms with van der Waals surface area (Å²) in [6.45, 7) is 2.20. The zero-order valence-electron chi connectivity index (χ0n) is 18.3. The quantitative estimate of drug-likeness (QED) is 0.170. The van der Waals surface area contributed by atoms with Crippen LogP contribution in [0.1, 0.15) is 23.7 Å². The van der Waals surface area contributed by atoms with Crippen LogP contribution in [0, 0.1) is 10.1 Å². The Morgan fingerprint density at radius 1 is 1.29 bits per heavy atom. The molecule has 0 bridgehead atoms. The summed E-state index contributed by atoms with van der Waals surface area (Å²) in [6.07, 6.45) is 1.71. The normalized spacial score (nSPS) is 10.8. The molecule has 34 heavy (non-hydrogen) atoms. The monoisotopic (exact) mass is 504 g/mol. The molecule has 0 aliphatic rings. The van der Waals surface area contributed by atoms with Gasteiger partial charge in [0.25, 0.3) is 5.69 Å². The van der Waals surface area contributed by atoms with Crippen molar-refractivity contribution in [2.45, 2.75) is 20.0 Å². The number of carbonyl (C=O) groups is 1. The van der Waals surface area contributed by atoms with E-state index in [2.05, 4.69) is 15.5 Å². The average Bonchev–Trinajstić information content (AvgIpc) is 3.25. The summed E-state index contributed by atoms with van der Waals surface area (Å²) in [7, 11) is 1.54. The third-order valence-electron chi connectivity index (χ3n) is 4.37. The minimum Gasteiger partial charge on any atom is -0.496 e. The van der Waals surface area contributed by atoms with Gasteiger partial charge in [-0.15, -0.1) is 11.3 Å². The number of halogens is 1. The second kappa shape index (κ2) is 12.0. The summed E-state index contributed by atoms with van der Waals surface area (Å²) in [5.41, 5.74) is 4.82. The van der Waals surface area contributed by atoms with Crippen molar-refractivity contribution < 1.29 is 23.9 Å². The number of hydrogen-bond donors (Lipinski definition) is 1. The highest BCUT2D eigenvalue weighted by Crippen LogP contribution is 2.30. The van der Waals surface area contributed by atoms with Crippen LogP contribution in [0.3, 0.4) is 0 Å². The van der Waals surface area contributed by atoms with Crippen LogP contribution in [0.2, 0.25) is 5.02 Å². The molecule has 10 nitrogen and oxygen atoms in total. The molecule has 0 saturated carbocycles. The standard InChI is InChI=1S/C22H21ClN4O6S/c1-3-32-21(28)9-16-13-34-22(25-16)26-24-11-14-4-6-19(31-2)15(8-14)12-33-20-7-5-17(27(29)30)10-18(20)23/h4-8,10-11,13H,3,9,12H2,1-2H3,(H,25,26). The smallest absolute Gasteiger partial charge is 0.311 e. The van der Waals surface area contributed by atoms with Crippen molar-refractivity contribution in [1.82, 2.24) is 4.98 Å². The highest BCUT2D eigenvalue weighted by Gasteiger charge is 2.12. The molecule has 1 aromatic heterocycles. The van der Waals surface area contributed by atoms with Crippen molar-refractivity contribution in [3.8, 4) is 11.5 Å². The highest BCUT2D eigenvalue weighted by atomic mass is 35.5. The highest BCUT2D eigenvalue weighted by molar-refractivity contribution is 7.13. The van der Waals surface area contributed by atoms with Gasteiger partial charge in [-0.3, -0.25) is 20.3 Å². The van der Waals surface area contributed by atoms with Crippen molar-refractivity contribution in [2.75, 3.05) is 19.1 Å². The maximum atomic E-state index is 11.5. The lowest BCUT2D eigenvalue weighted by Gasteiger charge is -2.12. The number of rotatable bonds is 11. The molecule has 0 spiro atoms. The van der Waals surface area contributed by atoms with Crippen LogP contribution in [-0.2, 0) is 22.6 Å². The van der Waals surface area contributed by atoms with Crippen molar-refractivity contribution in [1.29, 1.82) is 0 Å². The number of nitrogens with one attached hydrogen (secondary N) is 1. The van der Waals surface area contributed by atoms with Crippen LogP contribution in [-0.4, -0.2) is 35.8 Å². The molecule has 0 saturated heterocycles. The molecule has 1 heterocycles. The van der Waals surface area contributed by atoms with Gasteiger partial charge in [0.05, 0.1) is 42.0 Å². The van der Waals surface area contributed by atoms with E-state index in [0.717, 1.165) is 11.1 Å². The first-order valence-electron chi connectivity index (χ1n) is 10.0. The van der Waals surface area contributed by atoms with Crippen LogP contribution in [0.15, 0.2) is 46.9 Å². The maximum absolute atomic E-state index is 11.5. The van der Waals surface area contributed by atoms with Crippen LogP contribution in [0.4, 0.5) is 10.8 Å². The van der Waals surface area contributed by atoms with Crippen LogP contribution >= 0.6 is 22.9 Å². The van der Waals surface area contributed by atoms with Crippen molar-refractivity contribution in [2.24, 2.45) is 5.10 Å². The lowest BCUT2D eigenvalue weighted by molar-refractivity contribution is -0.384. The van der Waals surface area contributed by atoms with Gasteiger partial charge in [0.1, 0.15) is 18.1 Å². The van der Waals surface area contributed by atoms with E-state index in [0.29, 0.717) is 28.9 Å². The number of aromatic nitrogens is 1. The predicted molar refractivity (Wildman–Crippen MR) is 129 cm³/mol. The molecule has 0 amide bonds. The molecule has 0 radical (unpaired) electrons. The van der Waals surface area contributed by atoms with Crippen molar-refractivity contribution in [3.05, 3.63) is 73.7 Å². The Labute approximate surface area is 204 Å². The fourth-order valence-electron chi connectivity index (χ4n) is 2.83. The molecule has 3 aromatic rings. The Morgan fingerprint density at radius 2 is 2.09 bits per heavy atom. The number of methoxy groups -OCH3 is 1. The molecule has 0 atom stereocenters. The van der Waals surface area contributed by atoms with E-state index in [1.807, 2.05) is 12.1 Å². The number of benzene rings is 2. The number of ether oxygens (including phenoxy) is 3. The topological polar surface area (TPSA) is 125 Å². The Hall–Kier alpha value is -3.70. The van der Waals surface area contributed by atoms with E-state index in [4.69, 9.17) is 25.8 Å². The molecule has 3 rings (SSSR count). The third-order valence-corrected chi connectivity index (χ3v) is 5.46. The zero-order valence-corrected chi connectivity index (χ0v) is 19.9. The van der Waals surface area contributed by atoms with Crippen LogP contribution in [0.5, 0.6) is 11.5 Å². The summed E-state index contributed by atoms with van der Waals surface area (Å²) < 4.78 is 16.0. The molecule has 0 fully saturated rings. The van der Waals surface area contributed by atoms with Gasteiger partial charge in [0, 0.05) is 23.1 Å².